The Bertz CT molecular complexity index is 649. The minimum Gasteiger partial charge on any atom is -0.481 e. The molecule has 33 heavy (non-hydrogen) atoms. The van der Waals surface area contributed by atoms with Gasteiger partial charge in [-0.15, -0.1) is 0 Å². The van der Waals surface area contributed by atoms with Crippen molar-refractivity contribution in [2.45, 2.75) is 103 Å². The van der Waals surface area contributed by atoms with Crippen LogP contribution in [0.25, 0.3) is 0 Å². The van der Waals surface area contributed by atoms with Crippen LogP contribution in [0.5, 0.6) is 0 Å². The van der Waals surface area contributed by atoms with E-state index in [1.54, 1.807) is 0 Å². The molecule has 1 amide bonds. The molecule has 0 saturated carbocycles. The number of nitrogens with one attached hydrogen (secondary N) is 1. The molecule has 0 radical (unpaired) electrons. The number of carboxylic acid groups (broad SMARTS) is 2. The van der Waals surface area contributed by atoms with Crippen LogP contribution in [-0.4, -0.2) is 34.1 Å². The number of amides is 1. The molecule has 0 heterocycles. The maximum absolute atomic E-state index is 11.8. The first-order valence-corrected chi connectivity index (χ1v) is 12.3. The standard InChI is InChI=1S/C27H43NO5/c1-2-3-4-5-6-7-8-9-10-11-12-13-14-15-16-17-18-19-20-21-25(29)28-24(27(32)33)22-23-26(30)31/h6-7,9-10,12-13,15-16,24H,2-5,8,11,14,17-23H2,1H3,(H,28,29)(H,30,31)(H,32,33)/b7-6-,10-9-,13-12-,16-15-/t24-/m0/s1. The maximum atomic E-state index is 11.8. The van der Waals surface area contributed by atoms with Gasteiger partial charge in [-0.2, -0.15) is 0 Å². The molecular formula is C27H43NO5. The van der Waals surface area contributed by atoms with Crippen molar-refractivity contribution < 1.29 is 24.6 Å². The molecule has 0 spiro atoms. The van der Waals surface area contributed by atoms with E-state index < -0.39 is 18.0 Å². The zero-order valence-electron chi connectivity index (χ0n) is 20.2. The summed E-state index contributed by atoms with van der Waals surface area (Å²) in [6.07, 6.45) is 28.8. The van der Waals surface area contributed by atoms with Gasteiger partial charge in [0.05, 0.1) is 0 Å². The number of carbonyl (C=O) groups is 3. The summed E-state index contributed by atoms with van der Waals surface area (Å²) in [4.78, 5) is 33.5. The van der Waals surface area contributed by atoms with E-state index in [-0.39, 0.29) is 25.2 Å². The molecule has 0 bridgehead atoms. The summed E-state index contributed by atoms with van der Waals surface area (Å²) in [5.74, 6) is -2.62. The molecule has 0 unspecified atom stereocenters. The second-order valence-corrected chi connectivity index (χ2v) is 8.08. The molecule has 1 atom stereocenters. The number of hydrogen-bond acceptors (Lipinski definition) is 3. The second kappa shape index (κ2) is 22.6. The minimum atomic E-state index is -1.20. The summed E-state index contributed by atoms with van der Waals surface area (Å²) >= 11 is 0. The van der Waals surface area contributed by atoms with E-state index in [9.17, 15) is 14.4 Å². The van der Waals surface area contributed by atoms with Crippen LogP contribution in [0.15, 0.2) is 48.6 Å². The lowest BCUT2D eigenvalue weighted by atomic mass is 10.1. The number of unbranched alkanes of at least 4 members (excludes halogenated alkanes) is 6. The van der Waals surface area contributed by atoms with Crippen LogP contribution in [0.2, 0.25) is 0 Å². The topological polar surface area (TPSA) is 104 Å². The molecule has 0 aromatic carbocycles. The number of carbonyl (C=O) groups excluding carboxylic acids is 1. The van der Waals surface area contributed by atoms with Gasteiger partial charge in [-0.3, -0.25) is 9.59 Å². The van der Waals surface area contributed by atoms with Gasteiger partial charge in [-0.25, -0.2) is 4.79 Å². The van der Waals surface area contributed by atoms with Crippen LogP contribution in [0, 0.1) is 0 Å². The van der Waals surface area contributed by atoms with Crippen LogP contribution in [-0.2, 0) is 14.4 Å². The van der Waals surface area contributed by atoms with Crippen molar-refractivity contribution in [2.75, 3.05) is 0 Å². The van der Waals surface area contributed by atoms with E-state index in [0.29, 0.717) is 6.42 Å². The van der Waals surface area contributed by atoms with Gasteiger partial charge in [0.1, 0.15) is 6.04 Å². The zero-order valence-corrected chi connectivity index (χ0v) is 20.2. The Labute approximate surface area is 199 Å². The third kappa shape index (κ3) is 22.4. The van der Waals surface area contributed by atoms with E-state index >= 15 is 0 Å². The smallest absolute Gasteiger partial charge is 0.326 e. The van der Waals surface area contributed by atoms with Crippen molar-refractivity contribution in [2.24, 2.45) is 0 Å². The highest BCUT2D eigenvalue weighted by atomic mass is 16.4. The molecule has 3 N–H and O–H groups in total. The van der Waals surface area contributed by atoms with Crippen LogP contribution in [0.4, 0.5) is 0 Å². The highest BCUT2D eigenvalue weighted by Crippen LogP contribution is 2.06. The molecule has 6 heteroatoms. The fraction of sp³-hybridized carbons (Fsp3) is 0.593. The predicted molar refractivity (Wildman–Crippen MR) is 134 cm³/mol. The number of aliphatic carboxylic acids is 2. The Hall–Kier alpha value is -2.63. The molecule has 0 fully saturated rings. The fourth-order valence-electron chi connectivity index (χ4n) is 3.08. The van der Waals surface area contributed by atoms with Gasteiger partial charge in [-0.05, 0) is 57.8 Å². The van der Waals surface area contributed by atoms with E-state index in [1.165, 1.54) is 25.7 Å². The average Bonchev–Trinajstić information content (AvgIpc) is 2.77. The summed E-state index contributed by atoms with van der Waals surface area (Å²) in [5.41, 5.74) is 0. The molecule has 6 nitrogen and oxygen atoms in total. The fourth-order valence-corrected chi connectivity index (χ4v) is 3.08. The quantitative estimate of drug-likeness (QED) is 0.137. The van der Waals surface area contributed by atoms with Crippen molar-refractivity contribution in [3.05, 3.63) is 48.6 Å². The summed E-state index contributed by atoms with van der Waals surface area (Å²) < 4.78 is 0. The Morgan fingerprint density at radius 1 is 0.697 bits per heavy atom. The predicted octanol–water partition coefficient (Wildman–Crippen LogP) is 6.35. The lowest BCUT2D eigenvalue weighted by molar-refractivity contribution is -0.143. The monoisotopic (exact) mass is 461 g/mol. The summed E-state index contributed by atoms with van der Waals surface area (Å²) in [6, 6.07) is -1.14. The van der Waals surface area contributed by atoms with Crippen LogP contribution in [0.1, 0.15) is 96.8 Å². The first-order chi connectivity index (χ1) is 16.0. The Morgan fingerprint density at radius 3 is 1.70 bits per heavy atom. The molecule has 0 aromatic rings. The lowest BCUT2D eigenvalue weighted by Crippen LogP contribution is -2.41. The normalized spacial score (nSPS) is 12.9. The SMILES string of the molecule is CCCCC/C=C\C/C=C\C/C=C\C/C=C\CCCCCC(=O)N[C@@H](CCC(=O)O)C(=O)O. The molecule has 186 valence electrons. The van der Waals surface area contributed by atoms with E-state index in [0.717, 1.165) is 38.5 Å². The minimum absolute atomic E-state index is 0.109. The van der Waals surface area contributed by atoms with Gasteiger partial charge in [-0.1, -0.05) is 74.8 Å². The Balaban J connectivity index is 3.68. The Kier molecular flexibility index (Phi) is 20.8. The maximum Gasteiger partial charge on any atom is 0.326 e. The average molecular weight is 462 g/mol. The van der Waals surface area contributed by atoms with Crippen molar-refractivity contribution >= 4 is 17.8 Å². The molecule has 0 aromatic heterocycles. The molecule has 0 saturated heterocycles. The van der Waals surface area contributed by atoms with Crippen molar-refractivity contribution in [3.8, 4) is 0 Å². The van der Waals surface area contributed by atoms with E-state index in [2.05, 4.69) is 60.8 Å². The van der Waals surface area contributed by atoms with Gasteiger partial charge < -0.3 is 15.5 Å². The van der Waals surface area contributed by atoms with Crippen LogP contribution < -0.4 is 5.32 Å². The number of rotatable bonds is 21. The first-order valence-electron chi connectivity index (χ1n) is 12.3. The number of allylic oxidation sites excluding steroid dienone is 8. The van der Waals surface area contributed by atoms with Gasteiger partial charge in [0.25, 0.3) is 0 Å². The van der Waals surface area contributed by atoms with Crippen molar-refractivity contribution in [1.82, 2.24) is 5.32 Å². The second-order valence-electron chi connectivity index (χ2n) is 8.08. The molecule has 0 aliphatic carbocycles. The van der Waals surface area contributed by atoms with Gasteiger partial charge in [0, 0.05) is 12.8 Å². The van der Waals surface area contributed by atoms with Gasteiger partial charge in [0.2, 0.25) is 5.91 Å². The number of hydrogen-bond donors (Lipinski definition) is 3. The van der Waals surface area contributed by atoms with Gasteiger partial charge in [0.15, 0.2) is 0 Å². The van der Waals surface area contributed by atoms with Crippen molar-refractivity contribution in [3.63, 3.8) is 0 Å². The zero-order chi connectivity index (χ0) is 24.6. The molecule has 0 aliphatic rings. The summed E-state index contributed by atoms with van der Waals surface area (Å²) in [5, 5.41) is 20.1. The van der Waals surface area contributed by atoms with Gasteiger partial charge >= 0.3 is 11.9 Å². The third-order valence-corrected chi connectivity index (χ3v) is 5.01. The highest BCUT2D eigenvalue weighted by molar-refractivity contribution is 5.83. The molecule has 0 aliphatic heterocycles. The van der Waals surface area contributed by atoms with E-state index in [4.69, 9.17) is 10.2 Å². The van der Waals surface area contributed by atoms with Crippen LogP contribution in [0.3, 0.4) is 0 Å². The summed E-state index contributed by atoms with van der Waals surface area (Å²) in [6.45, 7) is 2.22. The number of carboxylic acids is 2. The highest BCUT2D eigenvalue weighted by Gasteiger charge is 2.20. The first kappa shape index (κ1) is 30.4. The summed E-state index contributed by atoms with van der Waals surface area (Å²) in [7, 11) is 0. The molecular weight excluding hydrogens is 418 g/mol. The lowest BCUT2D eigenvalue weighted by Gasteiger charge is -2.13. The third-order valence-electron chi connectivity index (χ3n) is 5.01. The largest absolute Gasteiger partial charge is 0.481 e. The van der Waals surface area contributed by atoms with Crippen LogP contribution >= 0.6 is 0 Å². The molecule has 0 rings (SSSR count). The van der Waals surface area contributed by atoms with Crippen molar-refractivity contribution in [1.29, 1.82) is 0 Å². The Morgan fingerprint density at radius 2 is 1.21 bits per heavy atom. The van der Waals surface area contributed by atoms with E-state index in [1.807, 2.05) is 0 Å².